The minimum absolute atomic E-state index is 0.0232. The van der Waals surface area contributed by atoms with Gasteiger partial charge in [-0.3, -0.25) is 0 Å². The highest BCUT2D eigenvalue weighted by molar-refractivity contribution is 5.98. The second-order valence-corrected chi connectivity index (χ2v) is 6.73. The molecule has 0 amide bonds. The van der Waals surface area contributed by atoms with Gasteiger partial charge in [0.25, 0.3) is 0 Å². The molecule has 0 N–H and O–H groups in total. The molecular formula is C20H20F3N5O3. The summed E-state index contributed by atoms with van der Waals surface area (Å²) >= 11 is 0. The lowest BCUT2D eigenvalue weighted by Crippen LogP contribution is -2.23. The van der Waals surface area contributed by atoms with Crippen LogP contribution in [-0.4, -0.2) is 32.6 Å². The largest absolute Gasteiger partial charge is 0.496 e. The summed E-state index contributed by atoms with van der Waals surface area (Å²) in [5.74, 6) is -0.274. The minimum atomic E-state index is -4.57. The molecule has 11 heteroatoms. The van der Waals surface area contributed by atoms with Gasteiger partial charge in [0.05, 0.1) is 24.1 Å². The van der Waals surface area contributed by atoms with E-state index in [-0.39, 0.29) is 23.6 Å². The Bertz CT molecular complexity index is 1180. The second kappa shape index (κ2) is 8.62. The number of tetrazole rings is 1. The second-order valence-electron chi connectivity index (χ2n) is 6.73. The molecular weight excluding hydrogens is 415 g/mol. The monoisotopic (exact) mass is 435 g/mol. The number of rotatable bonds is 6. The van der Waals surface area contributed by atoms with E-state index in [1.165, 1.54) is 33.2 Å². The SMILES string of the molecule is COc1ccc(/C(C)=N/OCc2c(C)cccc2-n2nnn(C)c2=O)cc1C(F)(F)F. The quantitative estimate of drug-likeness (QED) is 0.439. The van der Waals surface area contributed by atoms with Crippen molar-refractivity contribution in [3.63, 3.8) is 0 Å². The maximum absolute atomic E-state index is 13.2. The lowest BCUT2D eigenvalue weighted by Gasteiger charge is -2.13. The van der Waals surface area contributed by atoms with E-state index in [0.717, 1.165) is 21.0 Å². The molecule has 0 unspecified atom stereocenters. The van der Waals surface area contributed by atoms with E-state index in [2.05, 4.69) is 15.6 Å². The van der Waals surface area contributed by atoms with Crippen LogP contribution < -0.4 is 10.4 Å². The number of oxime groups is 1. The first-order valence-electron chi connectivity index (χ1n) is 9.13. The van der Waals surface area contributed by atoms with Crippen LogP contribution in [0.4, 0.5) is 13.2 Å². The van der Waals surface area contributed by atoms with Crippen LogP contribution >= 0.6 is 0 Å². The van der Waals surface area contributed by atoms with E-state index in [9.17, 15) is 18.0 Å². The zero-order chi connectivity index (χ0) is 22.8. The highest BCUT2D eigenvalue weighted by atomic mass is 19.4. The molecule has 0 saturated carbocycles. The third-order valence-corrected chi connectivity index (χ3v) is 4.67. The molecule has 8 nitrogen and oxygen atoms in total. The van der Waals surface area contributed by atoms with Crippen molar-refractivity contribution in [1.82, 2.24) is 19.8 Å². The topological polar surface area (TPSA) is 83.5 Å². The average molecular weight is 435 g/mol. The summed E-state index contributed by atoms with van der Waals surface area (Å²) in [5, 5.41) is 11.5. The molecule has 0 bridgehead atoms. The van der Waals surface area contributed by atoms with Gasteiger partial charge in [0, 0.05) is 12.6 Å². The first-order chi connectivity index (χ1) is 14.6. The molecule has 2 aromatic carbocycles. The van der Waals surface area contributed by atoms with Crippen molar-refractivity contribution in [3.05, 3.63) is 69.1 Å². The van der Waals surface area contributed by atoms with Crippen molar-refractivity contribution in [3.8, 4) is 11.4 Å². The molecule has 0 saturated heterocycles. The van der Waals surface area contributed by atoms with Crippen molar-refractivity contribution >= 4 is 5.71 Å². The van der Waals surface area contributed by atoms with Crippen molar-refractivity contribution < 1.29 is 22.7 Å². The Morgan fingerprint density at radius 3 is 2.55 bits per heavy atom. The number of hydrogen-bond donors (Lipinski definition) is 0. The summed E-state index contributed by atoms with van der Waals surface area (Å²) in [7, 11) is 2.66. The number of methoxy groups -OCH3 is 1. The van der Waals surface area contributed by atoms with Crippen LogP contribution in [0.2, 0.25) is 0 Å². The molecule has 1 aromatic heterocycles. The van der Waals surface area contributed by atoms with Gasteiger partial charge in [-0.1, -0.05) is 17.3 Å². The van der Waals surface area contributed by atoms with Crippen LogP contribution in [0, 0.1) is 6.92 Å². The molecule has 0 radical (unpaired) electrons. The number of nitrogens with zero attached hydrogens (tertiary/aromatic N) is 5. The summed E-state index contributed by atoms with van der Waals surface area (Å²) in [5.41, 5.74) is 1.12. The minimum Gasteiger partial charge on any atom is -0.496 e. The standard InChI is InChI=1S/C20H20F3N5O3/c1-12-6-5-7-17(28-19(29)27(3)25-26-28)15(12)11-31-24-13(2)14-8-9-18(30-4)16(10-14)20(21,22)23/h5-10H,11H2,1-4H3/b24-13+. The number of ether oxygens (including phenoxy) is 1. The fourth-order valence-electron chi connectivity index (χ4n) is 2.94. The van der Waals surface area contributed by atoms with Gasteiger partial charge < -0.3 is 9.57 Å². The van der Waals surface area contributed by atoms with Crippen molar-refractivity contribution in [2.75, 3.05) is 7.11 Å². The molecule has 3 aromatic rings. The number of aromatic nitrogens is 4. The Morgan fingerprint density at radius 2 is 1.94 bits per heavy atom. The fourth-order valence-corrected chi connectivity index (χ4v) is 2.94. The highest BCUT2D eigenvalue weighted by Gasteiger charge is 2.34. The molecule has 0 aliphatic carbocycles. The summed E-state index contributed by atoms with van der Waals surface area (Å²) < 4.78 is 46.8. The van der Waals surface area contributed by atoms with Gasteiger partial charge in [-0.05, 0) is 59.7 Å². The Labute approximate surface area is 175 Å². The predicted octanol–water partition coefficient (Wildman–Crippen LogP) is 3.24. The van der Waals surface area contributed by atoms with E-state index >= 15 is 0 Å². The zero-order valence-corrected chi connectivity index (χ0v) is 17.3. The number of aryl methyl sites for hydroxylation is 2. The lowest BCUT2D eigenvalue weighted by molar-refractivity contribution is -0.138. The predicted molar refractivity (Wildman–Crippen MR) is 106 cm³/mol. The highest BCUT2D eigenvalue weighted by Crippen LogP contribution is 2.36. The molecule has 0 aliphatic heterocycles. The number of alkyl halides is 3. The lowest BCUT2D eigenvalue weighted by atomic mass is 10.1. The number of benzene rings is 2. The van der Waals surface area contributed by atoms with Crippen molar-refractivity contribution in [2.45, 2.75) is 26.6 Å². The molecule has 1 heterocycles. The Hall–Kier alpha value is -3.63. The van der Waals surface area contributed by atoms with Gasteiger partial charge >= 0.3 is 11.9 Å². The summed E-state index contributed by atoms with van der Waals surface area (Å²) in [4.78, 5) is 17.6. The number of hydrogen-bond acceptors (Lipinski definition) is 6. The van der Waals surface area contributed by atoms with Gasteiger partial charge in [-0.15, -0.1) is 0 Å². The van der Waals surface area contributed by atoms with Crippen LogP contribution in [0.25, 0.3) is 5.69 Å². The molecule has 0 spiro atoms. The Kier molecular flexibility index (Phi) is 6.14. The molecule has 31 heavy (non-hydrogen) atoms. The maximum Gasteiger partial charge on any atom is 0.419 e. The Morgan fingerprint density at radius 1 is 1.19 bits per heavy atom. The van der Waals surface area contributed by atoms with Crippen LogP contribution in [0.3, 0.4) is 0 Å². The van der Waals surface area contributed by atoms with E-state index in [1.54, 1.807) is 12.1 Å². The van der Waals surface area contributed by atoms with E-state index < -0.39 is 17.4 Å². The van der Waals surface area contributed by atoms with Crippen LogP contribution in [-0.2, 0) is 24.7 Å². The van der Waals surface area contributed by atoms with Crippen LogP contribution in [0.1, 0.15) is 29.2 Å². The summed E-state index contributed by atoms with van der Waals surface area (Å²) in [6, 6.07) is 8.95. The fraction of sp³-hybridized carbons (Fsp3) is 0.300. The van der Waals surface area contributed by atoms with E-state index in [0.29, 0.717) is 11.3 Å². The van der Waals surface area contributed by atoms with E-state index in [4.69, 9.17) is 9.57 Å². The summed E-state index contributed by atoms with van der Waals surface area (Å²) in [6.07, 6.45) is -4.57. The van der Waals surface area contributed by atoms with Crippen LogP contribution in [0.5, 0.6) is 5.75 Å². The average Bonchev–Trinajstić information content (AvgIpc) is 3.06. The van der Waals surface area contributed by atoms with Gasteiger partial charge in [0.15, 0.2) is 0 Å². The molecule has 164 valence electrons. The maximum atomic E-state index is 13.2. The van der Waals surface area contributed by atoms with Gasteiger partial charge in [-0.2, -0.15) is 22.5 Å². The third kappa shape index (κ3) is 4.60. The smallest absolute Gasteiger partial charge is 0.419 e. The van der Waals surface area contributed by atoms with Gasteiger partial charge in [0.2, 0.25) is 0 Å². The first-order valence-corrected chi connectivity index (χ1v) is 9.13. The Balaban J connectivity index is 1.86. The van der Waals surface area contributed by atoms with Gasteiger partial charge in [-0.25, -0.2) is 4.79 Å². The summed E-state index contributed by atoms with van der Waals surface area (Å²) in [6.45, 7) is 3.35. The van der Waals surface area contributed by atoms with Gasteiger partial charge in [0.1, 0.15) is 12.4 Å². The third-order valence-electron chi connectivity index (χ3n) is 4.67. The van der Waals surface area contributed by atoms with Crippen LogP contribution in [0.15, 0.2) is 46.3 Å². The van der Waals surface area contributed by atoms with Crippen molar-refractivity contribution in [1.29, 1.82) is 0 Å². The molecule has 0 aliphatic rings. The molecule has 3 rings (SSSR count). The number of halogens is 3. The molecule has 0 atom stereocenters. The van der Waals surface area contributed by atoms with Crippen molar-refractivity contribution in [2.24, 2.45) is 12.2 Å². The normalized spacial score (nSPS) is 12.2. The van der Waals surface area contributed by atoms with E-state index in [1.807, 2.05) is 13.0 Å². The molecule has 0 fully saturated rings. The zero-order valence-electron chi connectivity index (χ0n) is 17.3. The first kappa shape index (κ1) is 22.1.